The SMILES string of the molecule is C=C(C)/C=C\C(=C)Oc1ccccc1.CCC. The molecule has 0 atom stereocenters. The Balaban J connectivity index is 0.000000770. The number of ether oxygens (including phenoxy) is 1. The van der Waals surface area contributed by atoms with E-state index in [9.17, 15) is 0 Å². The summed E-state index contributed by atoms with van der Waals surface area (Å²) in [6.07, 6.45) is 4.92. The molecule has 17 heavy (non-hydrogen) atoms. The fourth-order valence-electron chi connectivity index (χ4n) is 0.909. The molecule has 0 heterocycles. The van der Waals surface area contributed by atoms with E-state index in [1.807, 2.05) is 43.3 Å². The summed E-state index contributed by atoms with van der Waals surface area (Å²) >= 11 is 0. The molecule has 0 aliphatic rings. The predicted molar refractivity (Wildman–Crippen MR) is 76.1 cm³/mol. The van der Waals surface area contributed by atoms with Crippen molar-refractivity contribution in [2.75, 3.05) is 0 Å². The molecular formula is C16H22O. The molecule has 0 amide bonds. The van der Waals surface area contributed by atoms with Crippen molar-refractivity contribution in [1.82, 2.24) is 0 Å². The zero-order valence-corrected chi connectivity index (χ0v) is 11.1. The molecule has 1 aromatic carbocycles. The largest absolute Gasteiger partial charge is 0.458 e. The number of hydrogen-bond donors (Lipinski definition) is 0. The van der Waals surface area contributed by atoms with Gasteiger partial charge in [-0.3, -0.25) is 0 Å². The first kappa shape index (κ1) is 15.2. The van der Waals surface area contributed by atoms with Crippen LogP contribution in [0, 0.1) is 0 Å². The van der Waals surface area contributed by atoms with Crippen LogP contribution >= 0.6 is 0 Å². The Morgan fingerprint density at radius 3 is 2.12 bits per heavy atom. The highest BCUT2D eigenvalue weighted by Crippen LogP contribution is 2.12. The minimum Gasteiger partial charge on any atom is -0.458 e. The van der Waals surface area contributed by atoms with Gasteiger partial charge in [0, 0.05) is 0 Å². The minimum absolute atomic E-state index is 0.610. The molecule has 1 aromatic rings. The van der Waals surface area contributed by atoms with Gasteiger partial charge in [-0.1, -0.05) is 63.3 Å². The Morgan fingerprint density at radius 1 is 1.12 bits per heavy atom. The van der Waals surface area contributed by atoms with Crippen LogP contribution in [-0.2, 0) is 0 Å². The Labute approximate surface area is 105 Å². The van der Waals surface area contributed by atoms with E-state index in [1.165, 1.54) is 6.42 Å². The van der Waals surface area contributed by atoms with E-state index in [2.05, 4.69) is 27.0 Å². The Kier molecular flexibility index (Phi) is 8.48. The summed E-state index contributed by atoms with van der Waals surface area (Å²) in [5, 5.41) is 0. The van der Waals surface area contributed by atoms with Gasteiger partial charge in [-0.15, -0.1) is 0 Å². The van der Waals surface area contributed by atoms with Crippen LogP contribution in [0.4, 0.5) is 0 Å². The van der Waals surface area contributed by atoms with Crippen molar-refractivity contribution in [2.45, 2.75) is 27.2 Å². The average molecular weight is 230 g/mol. The third-order valence-electron chi connectivity index (χ3n) is 1.55. The topological polar surface area (TPSA) is 9.23 Å². The van der Waals surface area contributed by atoms with Gasteiger partial charge in [0.2, 0.25) is 0 Å². The Bertz CT molecular complexity index is 360. The molecule has 0 bridgehead atoms. The van der Waals surface area contributed by atoms with Crippen LogP contribution in [0.15, 0.2) is 67.0 Å². The number of rotatable bonds is 4. The molecule has 1 heteroatoms. The van der Waals surface area contributed by atoms with Crippen LogP contribution in [0.1, 0.15) is 27.2 Å². The molecular weight excluding hydrogens is 208 g/mol. The number of benzene rings is 1. The summed E-state index contributed by atoms with van der Waals surface area (Å²) in [5.41, 5.74) is 0.975. The molecule has 1 rings (SSSR count). The fourth-order valence-corrected chi connectivity index (χ4v) is 0.909. The molecule has 0 saturated heterocycles. The highest BCUT2D eigenvalue weighted by atomic mass is 16.5. The molecule has 0 spiro atoms. The van der Waals surface area contributed by atoms with Crippen LogP contribution in [0.3, 0.4) is 0 Å². The van der Waals surface area contributed by atoms with Crippen LogP contribution in [0.25, 0.3) is 0 Å². The average Bonchev–Trinajstić information content (AvgIpc) is 2.29. The molecule has 92 valence electrons. The van der Waals surface area contributed by atoms with Crippen LogP contribution < -0.4 is 4.74 Å². The summed E-state index contributed by atoms with van der Waals surface area (Å²) in [4.78, 5) is 0. The Hall–Kier alpha value is -1.76. The zero-order chi connectivity index (χ0) is 13.1. The van der Waals surface area contributed by atoms with Gasteiger partial charge in [-0.2, -0.15) is 0 Å². The second-order valence-electron chi connectivity index (χ2n) is 3.77. The van der Waals surface area contributed by atoms with E-state index in [0.717, 1.165) is 11.3 Å². The van der Waals surface area contributed by atoms with Crippen molar-refractivity contribution in [3.63, 3.8) is 0 Å². The first-order chi connectivity index (χ1) is 8.10. The smallest absolute Gasteiger partial charge is 0.127 e. The van der Waals surface area contributed by atoms with E-state index in [-0.39, 0.29) is 0 Å². The van der Waals surface area contributed by atoms with Crippen molar-refractivity contribution in [3.8, 4) is 5.75 Å². The standard InChI is InChI=1S/C13H14O.C3H8/c1-11(2)9-10-12(3)14-13-7-5-4-6-8-13;1-3-2/h4-10H,1,3H2,2H3;3H2,1-2H3/b10-9-;. The van der Waals surface area contributed by atoms with Gasteiger partial charge in [0.05, 0.1) is 0 Å². The van der Waals surface area contributed by atoms with E-state index in [4.69, 9.17) is 4.74 Å². The van der Waals surface area contributed by atoms with Crippen LogP contribution in [-0.4, -0.2) is 0 Å². The summed E-state index contributed by atoms with van der Waals surface area (Å²) in [6, 6.07) is 9.56. The molecule has 0 aromatic heterocycles. The highest BCUT2D eigenvalue weighted by molar-refractivity contribution is 5.27. The number of hydrogen-bond acceptors (Lipinski definition) is 1. The molecule has 1 nitrogen and oxygen atoms in total. The molecule has 0 radical (unpaired) electrons. The number of allylic oxidation sites excluding steroid dienone is 3. The second-order valence-corrected chi connectivity index (χ2v) is 3.77. The number of para-hydroxylation sites is 1. The van der Waals surface area contributed by atoms with Crippen LogP contribution in [0.2, 0.25) is 0 Å². The predicted octanol–water partition coefficient (Wildman–Crippen LogP) is 5.13. The maximum Gasteiger partial charge on any atom is 0.127 e. The lowest BCUT2D eigenvalue weighted by atomic mass is 10.3. The van der Waals surface area contributed by atoms with E-state index in [0.29, 0.717) is 5.76 Å². The molecule has 0 unspecified atom stereocenters. The van der Waals surface area contributed by atoms with Crippen molar-refractivity contribution < 1.29 is 4.74 Å². The van der Waals surface area contributed by atoms with Crippen molar-refractivity contribution in [2.24, 2.45) is 0 Å². The van der Waals surface area contributed by atoms with Crippen molar-refractivity contribution in [1.29, 1.82) is 0 Å². The molecule has 0 N–H and O–H groups in total. The fraction of sp³-hybridized carbons (Fsp3) is 0.250. The van der Waals surface area contributed by atoms with Gasteiger partial charge in [0.1, 0.15) is 11.5 Å². The van der Waals surface area contributed by atoms with E-state index in [1.54, 1.807) is 6.08 Å². The van der Waals surface area contributed by atoms with E-state index >= 15 is 0 Å². The summed E-state index contributed by atoms with van der Waals surface area (Å²) in [6.45, 7) is 13.7. The highest BCUT2D eigenvalue weighted by Gasteiger charge is 1.91. The molecule has 0 fully saturated rings. The molecule has 0 aliphatic heterocycles. The normalized spacial score (nSPS) is 9.35. The monoisotopic (exact) mass is 230 g/mol. The van der Waals surface area contributed by atoms with Gasteiger partial charge in [0.15, 0.2) is 0 Å². The zero-order valence-electron chi connectivity index (χ0n) is 11.1. The van der Waals surface area contributed by atoms with Gasteiger partial charge in [0.25, 0.3) is 0 Å². The lowest BCUT2D eigenvalue weighted by Crippen LogP contribution is -1.89. The lowest BCUT2D eigenvalue weighted by Gasteiger charge is -2.03. The summed E-state index contributed by atoms with van der Waals surface area (Å²) < 4.78 is 5.44. The molecule has 0 aliphatic carbocycles. The Morgan fingerprint density at radius 2 is 1.65 bits per heavy atom. The first-order valence-corrected chi connectivity index (χ1v) is 5.85. The maximum atomic E-state index is 5.44. The van der Waals surface area contributed by atoms with Gasteiger partial charge in [-0.05, 0) is 25.1 Å². The van der Waals surface area contributed by atoms with Gasteiger partial charge >= 0.3 is 0 Å². The van der Waals surface area contributed by atoms with Crippen molar-refractivity contribution >= 4 is 0 Å². The second kappa shape index (κ2) is 9.46. The maximum absolute atomic E-state index is 5.44. The van der Waals surface area contributed by atoms with Crippen LogP contribution in [0.5, 0.6) is 5.75 Å². The first-order valence-electron chi connectivity index (χ1n) is 5.85. The van der Waals surface area contributed by atoms with E-state index < -0.39 is 0 Å². The van der Waals surface area contributed by atoms with Gasteiger partial charge < -0.3 is 4.74 Å². The summed E-state index contributed by atoms with van der Waals surface area (Å²) in [7, 11) is 0. The minimum atomic E-state index is 0.610. The molecule has 0 saturated carbocycles. The quantitative estimate of drug-likeness (QED) is 0.515. The van der Waals surface area contributed by atoms with Gasteiger partial charge in [-0.25, -0.2) is 0 Å². The lowest BCUT2D eigenvalue weighted by molar-refractivity contribution is 0.447. The van der Waals surface area contributed by atoms with Crippen molar-refractivity contribution in [3.05, 3.63) is 67.0 Å². The third kappa shape index (κ3) is 9.19. The summed E-state index contributed by atoms with van der Waals surface area (Å²) in [5.74, 6) is 1.41. The third-order valence-corrected chi connectivity index (χ3v) is 1.55.